The molecule has 3 aromatic carbocycles. The maximum absolute atomic E-state index is 13.5. The van der Waals surface area contributed by atoms with E-state index in [4.69, 9.17) is 4.74 Å². The molecule has 1 aliphatic heterocycles. The average Bonchev–Trinajstić information content (AvgIpc) is 3.23. The van der Waals surface area contributed by atoms with Crippen LogP contribution in [0.1, 0.15) is 27.4 Å². The maximum Gasteiger partial charge on any atom is 0.343 e. The Morgan fingerprint density at radius 1 is 1.09 bits per heavy atom. The molecule has 0 radical (unpaired) electrons. The molecule has 3 aromatic rings. The van der Waals surface area contributed by atoms with Crippen molar-refractivity contribution >= 4 is 55.9 Å². The van der Waals surface area contributed by atoms with E-state index in [2.05, 4.69) is 47.7 Å². The molecule has 2 N–H and O–H groups in total. The molecule has 1 aliphatic rings. The lowest BCUT2D eigenvalue weighted by molar-refractivity contribution is -0.133. The summed E-state index contributed by atoms with van der Waals surface area (Å²) in [5, 5.41) is 6.71. The van der Waals surface area contributed by atoms with Crippen LogP contribution in [0.15, 0.2) is 80.8 Å². The van der Waals surface area contributed by atoms with E-state index in [1.54, 1.807) is 12.1 Å². The summed E-state index contributed by atoms with van der Waals surface area (Å²) < 4.78 is 20.1. The largest absolute Gasteiger partial charge is 0.421 e. The zero-order chi connectivity index (χ0) is 24.9. The van der Waals surface area contributed by atoms with E-state index in [9.17, 15) is 18.8 Å². The first-order valence-corrected chi connectivity index (χ1v) is 12.0. The highest BCUT2D eigenvalue weighted by atomic mass is 79.9. The number of carbonyl (C=O) groups is 3. The second-order valence-electron chi connectivity index (χ2n) is 7.68. The Balaban J connectivity index is 1.52. The predicted octanol–water partition coefficient (Wildman–Crippen LogP) is 4.55. The minimum atomic E-state index is -0.936. The molecule has 1 fully saturated rings. The first kappa shape index (κ1) is 24.7. The Morgan fingerprint density at radius 3 is 2.60 bits per heavy atom. The fourth-order valence-corrected chi connectivity index (χ4v) is 5.06. The third-order valence-electron chi connectivity index (χ3n) is 5.36. The Labute approximate surface area is 217 Å². The Morgan fingerprint density at radius 2 is 1.86 bits per heavy atom. The molecular formula is C25H18Br2FN3O4. The van der Waals surface area contributed by atoms with Crippen molar-refractivity contribution in [3.05, 3.63) is 98.2 Å². The number of amides is 2. The van der Waals surface area contributed by atoms with E-state index in [-0.39, 0.29) is 23.1 Å². The monoisotopic (exact) mass is 601 g/mol. The van der Waals surface area contributed by atoms with Gasteiger partial charge in [-0.05, 0) is 51.8 Å². The lowest BCUT2D eigenvalue weighted by atomic mass is 9.88. The molecule has 2 amide bonds. The van der Waals surface area contributed by atoms with E-state index >= 15 is 0 Å². The number of nitrogens with zero attached hydrogens (tertiary/aromatic N) is 1. The van der Waals surface area contributed by atoms with Gasteiger partial charge in [-0.15, -0.1) is 0 Å². The Bertz CT molecular complexity index is 1320. The van der Waals surface area contributed by atoms with Crippen molar-refractivity contribution in [3.63, 3.8) is 0 Å². The molecule has 0 saturated carbocycles. The van der Waals surface area contributed by atoms with Crippen LogP contribution in [0.4, 0.5) is 4.39 Å². The number of rotatable bonds is 6. The van der Waals surface area contributed by atoms with Crippen LogP contribution in [0.25, 0.3) is 0 Å². The van der Waals surface area contributed by atoms with Gasteiger partial charge in [0.15, 0.2) is 5.75 Å². The van der Waals surface area contributed by atoms with E-state index < -0.39 is 23.6 Å². The highest BCUT2D eigenvalue weighted by Gasteiger charge is 2.40. The third kappa shape index (κ3) is 5.83. The summed E-state index contributed by atoms with van der Waals surface area (Å²) in [5.41, 5.74) is 3.67. The van der Waals surface area contributed by atoms with Crippen LogP contribution >= 0.6 is 31.9 Å². The number of esters is 1. The number of hydrazone groups is 1. The van der Waals surface area contributed by atoms with Crippen molar-refractivity contribution in [1.29, 1.82) is 0 Å². The second-order valence-corrected chi connectivity index (χ2v) is 9.45. The number of benzene rings is 3. The molecule has 35 heavy (non-hydrogen) atoms. The minimum Gasteiger partial charge on any atom is -0.421 e. The van der Waals surface area contributed by atoms with Gasteiger partial charge in [-0.25, -0.2) is 14.6 Å². The van der Waals surface area contributed by atoms with Crippen LogP contribution in [0.3, 0.4) is 0 Å². The van der Waals surface area contributed by atoms with Crippen molar-refractivity contribution in [3.8, 4) is 5.75 Å². The summed E-state index contributed by atoms with van der Waals surface area (Å²) >= 11 is 6.71. The first-order chi connectivity index (χ1) is 16.8. The lowest BCUT2D eigenvalue weighted by Crippen LogP contribution is -2.34. The summed E-state index contributed by atoms with van der Waals surface area (Å²) in [6.07, 6.45) is 1.30. The molecule has 0 spiro atoms. The van der Waals surface area contributed by atoms with Crippen LogP contribution in [-0.2, 0) is 9.59 Å². The number of hydrogen-bond acceptors (Lipinski definition) is 5. The summed E-state index contributed by atoms with van der Waals surface area (Å²) in [5.74, 6) is -3.39. The summed E-state index contributed by atoms with van der Waals surface area (Å²) in [7, 11) is 0. The molecule has 0 aromatic heterocycles. The fraction of sp³-hybridized carbons (Fsp3) is 0.120. The molecular weight excluding hydrogens is 585 g/mol. The molecule has 2 unspecified atom stereocenters. The van der Waals surface area contributed by atoms with E-state index in [1.165, 1.54) is 24.4 Å². The smallest absolute Gasteiger partial charge is 0.343 e. The van der Waals surface area contributed by atoms with Crippen molar-refractivity contribution in [2.24, 2.45) is 11.0 Å². The van der Waals surface area contributed by atoms with Crippen LogP contribution < -0.4 is 15.5 Å². The summed E-state index contributed by atoms with van der Waals surface area (Å²) in [6, 6.07) is 17.7. The van der Waals surface area contributed by atoms with Crippen molar-refractivity contribution in [2.45, 2.75) is 5.92 Å². The highest BCUT2D eigenvalue weighted by molar-refractivity contribution is 9.11. The molecule has 2 atom stereocenters. The first-order valence-electron chi connectivity index (χ1n) is 10.5. The molecule has 0 bridgehead atoms. The van der Waals surface area contributed by atoms with Gasteiger partial charge in [0.05, 0.1) is 16.3 Å². The number of hydrogen-bond donors (Lipinski definition) is 2. The highest BCUT2D eigenvalue weighted by Crippen LogP contribution is 2.33. The van der Waals surface area contributed by atoms with Gasteiger partial charge < -0.3 is 10.1 Å². The number of carbonyl (C=O) groups excluding carboxylic acids is 3. The molecule has 4 rings (SSSR count). The molecule has 178 valence electrons. The predicted molar refractivity (Wildman–Crippen MR) is 135 cm³/mol. The van der Waals surface area contributed by atoms with Gasteiger partial charge in [0.25, 0.3) is 5.91 Å². The summed E-state index contributed by atoms with van der Waals surface area (Å²) in [6.45, 7) is 0.351. The van der Waals surface area contributed by atoms with Crippen molar-refractivity contribution in [2.75, 3.05) is 6.54 Å². The van der Waals surface area contributed by atoms with Gasteiger partial charge in [-0.3, -0.25) is 9.59 Å². The summed E-state index contributed by atoms with van der Waals surface area (Å²) in [4.78, 5) is 37.7. The van der Waals surface area contributed by atoms with Gasteiger partial charge >= 0.3 is 5.97 Å². The zero-order valence-electron chi connectivity index (χ0n) is 18.0. The van der Waals surface area contributed by atoms with Crippen molar-refractivity contribution in [1.82, 2.24) is 10.7 Å². The van der Waals surface area contributed by atoms with E-state index in [0.717, 1.165) is 11.6 Å². The molecule has 0 aliphatic carbocycles. The minimum absolute atomic E-state index is 0.0372. The van der Waals surface area contributed by atoms with Crippen LogP contribution in [-0.4, -0.2) is 30.5 Å². The second kappa shape index (κ2) is 10.9. The standard InChI is InChI=1S/C25H18Br2FN3O4/c26-17-9-16(22(20(27)11-17)35-25(34)15-7-4-8-18(28)10-15)12-30-31-24(33)21-19(13-29-23(21)32)14-5-2-1-3-6-14/h1-12,19,21H,13H2,(H,29,32)(H,31,33). The lowest BCUT2D eigenvalue weighted by Gasteiger charge is -2.15. The van der Waals surface area contributed by atoms with Gasteiger partial charge in [-0.2, -0.15) is 5.10 Å². The quantitative estimate of drug-likeness (QED) is 0.142. The topological polar surface area (TPSA) is 96.9 Å². The molecule has 1 heterocycles. The fourth-order valence-electron chi connectivity index (χ4n) is 3.72. The van der Waals surface area contributed by atoms with E-state index in [0.29, 0.717) is 21.1 Å². The molecule has 1 saturated heterocycles. The Kier molecular flexibility index (Phi) is 7.72. The number of halogens is 3. The van der Waals surface area contributed by atoms with Gasteiger partial charge in [0.1, 0.15) is 11.7 Å². The van der Waals surface area contributed by atoms with Crippen LogP contribution in [0.5, 0.6) is 5.75 Å². The van der Waals surface area contributed by atoms with Gasteiger partial charge in [0, 0.05) is 22.5 Å². The van der Waals surface area contributed by atoms with E-state index in [1.807, 2.05) is 30.3 Å². The van der Waals surface area contributed by atoms with Crippen LogP contribution in [0.2, 0.25) is 0 Å². The van der Waals surface area contributed by atoms with Gasteiger partial charge in [0.2, 0.25) is 5.91 Å². The van der Waals surface area contributed by atoms with Crippen LogP contribution in [0, 0.1) is 11.7 Å². The SMILES string of the molecule is O=C(Oc1c(Br)cc(Br)cc1C=NNC(=O)C1C(=O)NCC1c1ccccc1)c1cccc(F)c1. The Hall–Kier alpha value is -3.37. The number of nitrogens with one attached hydrogen (secondary N) is 2. The third-order valence-corrected chi connectivity index (χ3v) is 6.41. The average molecular weight is 603 g/mol. The number of ether oxygens (including phenoxy) is 1. The van der Waals surface area contributed by atoms with Gasteiger partial charge in [-0.1, -0.05) is 52.3 Å². The normalized spacial score (nSPS) is 17.3. The maximum atomic E-state index is 13.5. The molecule has 10 heteroatoms. The molecule has 7 nitrogen and oxygen atoms in total. The van der Waals surface area contributed by atoms with Crippen molar-refractivity contribution < 1.29 is 23.5 Å². The zero-order valence-corrected chi connectivity index (χ0v) is 21.2.